The van der Waals surface area contributed by atoms with Gasteiger partial charge in [0, 0.05) is 12.3 Å². The van der Waals surface area contributed by atoms with Gasteiger partial charge >= 0.3 is 0 Å². The number of rotatable bonds is 6. The molecule has 1 aliphatic carbocycles. The molecule has 2 N–H and O–H groups in total. The highest BCUT2D eigenvalue weighted by Gasteiger charge is 2.35. The SMILES string of the molecule is CC[C@@H](NS(=O)(=O)c1ccc(S(C)(=O)=O)cc1)C1CC(O)C1. The van der Waals surface area contributed by atoms with Crippen molar-refractivity contribution in [2.75, 3.05) is 6.26 Å². The van der Waals surface area contributed by atoms with Crippen LogP contribution in [-0.4, -0.2) is 40.3 Å². The first-order valence-corrected chi connectivity index (χ1v) is 10.5. The second-order valence-corrected chi connectivity index (χ2v) is 9.49. The van der Waals surface area contributed by atoms with E-state index in [1.807, 2.05) is 6.92 Å². The normalized spacial score (nSPS) is 23.8. The zero-order valence-corrected chi connectivity index (χ0v) is 14.2. The molecule has 0 aliphatic heterocycles. The molecule has 0 heterocycles. The molecule has 0 spiro atoms. The Bertz CT molecular complexity index is 719. The summed E-state index contributed by atoms with van der Waals surface area (Å²) < 4.78 is 50.2. The molecule has 8 heteroatoms. The van der Waals surface area contributed by atoms with E-state index < -0.39 is 19.9 Å². The number of hydrogen-bond donors (Lipinski definition) is 2. The van der Waals surface area contributed by atoms with Crippen molar-refractivity contribution in [3.05, 3.63) is 24.3 Å². The van der Waals surface area contributed by atoms with Crippen molar-refractivity contribution >= 4 is 19.9 Å². The zero-order valence-electron chi connectivity index (χ0n) is 12.6. The molecule has 1 aromatic rings. The van der Waals surface area contributed by atoms with Crippen LogP contribution in [0.3, 0.4) is 0 Å². The standard InChI is InChI=1S/C14H21NO5S2/c1-3-14(10-8-11(16)9-10)15-22(19,20)13-6-4-12(5-7-13)21(2,17)18/h4-7,10-11,14-16H,3,8-9H2,1-2H3/t10?,11?,14-/m1/s1. The average Bonchev–Trinajstić information content (AvgIpc) is 2.41. The summed E-state index contributed by atoms with van der Waals surface area (Å²) in [6, 6.07) is 4.95. The quantitative estimate of drug-likeness (QED) is 0.797. The van der Waals surface area contributed by atoms with Crippen LogP contribution in [0.15, 0.2) is 34.1 Å². The zero-order chi connectivity index (χ0) is 16.5. The molecular formula is C14H21NO5S2. The average molecular weight is 347 g/mol. The minimum Gasteiger partial charge on any atom is -0.393 e. The molecule has 0 saturated heterocycles. The predicted molar refractivity (Wildman–Crippen MR) is 82.7 cm³/mol. The van der Waals surface area contributed by atoms with Gasteiger partial charge in [0.1, 0.15) is 0 Å². The molecule has 1 fully saturated rings. The lowest BCUT2D eigenvalue weighted by Crippen LogP contribution is -2.46. The Balaban J connectivity index is 2.16. The van der Waals surface area contributed by atoms with Crippen LogP contribution in [0, 0.1) is 5.92 Å². The summed E-state index contributed by atoms with van der Waals surface area (Å²) >= 11 is 0. The van der Waals surface area contributed by atoms with Crippen LogP contribution in [0.25, 0.3) is 0 Å². The molecule has 1 aliphatic rings. The van der Waals surface area contributed by atoms with Crippen LogP contribution < -0.4 is 4.72 Å². The molecule has 2 rings (SSSR count). The highest BCUT2D eigenvalue weighted by molar-refractivity contribution is 7.90. The van der Waals surface area contributed by atoms with Crippen LogP contribution in [-0.2, 0) is 19.9 Å². The smallest absolute Gasteiger partial charge is 0.240 e. The molecule has 0 aromatic heterocycles. The summed E-state index contributed by atoms with van der Waals surface area (Å²) in [5.74, 6) is 0.144. The Morgan fingerprint density at radius 3 is 2.05 bits per heavy atom. The van der Waals surface area contributed by atoms with Crippen LogP contribution in [0.5, 0.6) is 0 Å². The second kappa shape index (κ2) is 6.27. The number of aliphatic hydroxyl groups excluding tert-OH is 1. The molecule has 0 amide bonds. The summed E-state index contributed by atoms with van der Waals surface area (Å²) in [7, 11) is -7.05. The van der Waals surface area contributed by atoms with Gasteiger partial charge in [0.25, 0.3) is 0 Å². The maximum atomic E-state index is 12.4. The minimum absolute atomic E-state index is 0.0400. The molecule has 1 saturated carbocycles. The Morgan fingerprint density at radius 2 is 1.64 bits per heavy atom. The molecular weight excluding hydrogens is 326 g/mol. The molecule has 0 bridgehead atoms. The lowest BCUT2D eigenvalue weighted by atomic mass is 9.77. The van der Waals surface area contributed by atoms with Crippen molar-refractivity contribution < 1.29 is 21.9 Å². The lowest BCUT2D eigenvalue weighted by molar-refractivity contribution is 0.0277. The van der Waals surface area contributed by atoms with Crippen molar-refractivity contribution in [2.45, 2.75) is 48.1 Å². The number of benzene rings is 1. The topological polar surface area (TPSA) is 101 Å². The summed E-state index contributed by atoms with van der Waals surface area (Å²) in [5, 5.41) is 9.35. The van der Waals surface area contributed by atoms with Crippen molar-refractivity contribution in [3.8, 4) is 0 Å². The maximum absolute atomic E-state index is 12.4. The van der Waals surface area contributed by atoms with Gasteiger partial charge in [-0.2, -0.15) is 0 Å². The summed E-state index contributed by atoms with van der Waals surface area (Å²) in [6.07, 6.45) is 2.58. The number of sulfonamides is 1. The Hall–Kier alpha value is -0.960. The van der Waals surface area contributed by atoms with E-state index in [0.29, 0.717) is 19.3 Å². The maximum Gasteiger partial charge on any atom is 0.240 e. The first-order valence-electron chi connectivity index (χ1n) is 7.14. The second-order valence-electron chi connectivity index (χ2n) is 5.76. The lowest BCUT2D eigenvalue weighted by Gasteiger charge is -2.37. The van der Waals surface area contributed by atoms with Crippen molar-refractivity contribution in [1.82, 2.24) is 4.72 Å². The monoisotopic (exact) mass is 347 g/mol. The van der Waals surface area contributed by atoms with E-state index in [9.17, 15) is 21.9 Å². The van der Waals surface area contributed by atoms with Gasteiger partial charge < -0.3 is 5.11 Å². The predicted octanol–water partition coefficient (Wildman–Crippen LogP) is 0.918. The number of sulfone groups is 1. The first kappa shape index (κ1) is 17.4. The van der Waals surface area contributed by atoms with Crippen LogP contribution in [0.2, 0.25) is 0 Å². The third-order valence-corrected chi connectivity index (χ3v) is 6.66. The summed E-state index contributed by atoms with van der Waals surface area (Å²) in [5.41, 5.74) is 0. The minimum atomic E-state index is -3.70. The highest BCUT2D eigenvalue weighted by Crippen LogP contribution is 2.32. The van der Waals surface area contributed by atoms with E-state index in [2.05, 4.69) is 4.72 Å². The van der Waals surface area contributed by atoms with Gasteiger partial charge in [-0.15, -0.1) is 0 Å². The Morgan fingerprint density at radius 1 is 1.14 bits per heavy atom. The van der Waals surface area contributed by atoms with E-state index in [4.69, 9.17) is 0 Å². The fraction of sp³-hybridized carbons (Fsp3) is 0.571. The number of aliphatic hydroxyl groups is 1. The van der Waals surface area contributed by atoms with Crippen molar-refractivity contribution in [3.63, 3.8) is 0 Å². The molecule has 0 unspecified atom stereocenters. The van der Waals surface area contributed by atoms with Gasteiger partial charge in [-0.1, -0.05) is 6.92 Å². The molecule has 1 atom stereocenters. The van der Waals surface area contributed by atoms with Crippen LogP contribution >= 0.6 is 0 Å². The van der Waals surface area contributed by atoms with Crippen LogP contribution in [0.1, 0.15) is 26.2 Å². The van der Waals surface area contributed by atoms with Gasteiger partial charge in [-0.3, -0.25) is 0 Å². The summed E-state index contributed by atoms with van der Waals surface area (Å²) in [4.78, 5) is 0.124. The fourth-order valence-corrected chi connectivity index (χ4v) is 4.62. The molecule has 22 heavy (non-hydrogen) atoms. The van der Waals surface area contributed by atoms with Crippen molar-refractivity contribution in [1.29, 1.82) is 0 Å². The van der Waals surface area contributed by atoms with Crippen molar-refractivity contribution in [2.24, 2.45) is 5.92 Å². The largest absolute Gasteiger partial charge is 0.393 e. The highest BCUT2D eigenvalue weighted by atomic mass is 32.2. The number of nitrogens with one attached hydrogen (secondary N) is 1. The van der Waals surface area contributed by atoms with E-state index in [1.165, 1.54) is 24.3 Å². The Labute approximate surface area is 131 Å². The third-order valence-electron chi connectivity index (χ3n) is 4.03. The van der Waals surface area contributed by atoms with Gasteiger partial charge in [0.15, 0.2) is 9.84 Å². The molecule has 124 valence electrons. The van der Waals surface area contributed by atoms with E-state index in [0.717, 1.165) is 6.26 Å². The number of hydrogen-bond acceptors (Lipinski definition) is 5. The fourth-order valence-electron chi connectivity index (χ4n) is 2.60. The van der Waals surface area contributed by atoms with E-state index in [1.54, 1.807) is 0 Å². The van der Waals surface area contributed by atoms with E-state index >= 15 is 0 Å². The Kier molecular flexibility index (Phi) is 4.96. The molecule has 0 radical (unpaired) electrons. The van der Waals surface area contributed by atoms with Gasteiger partial charge in [-0.25, -0.2) is 21.6 Å². The van der Waals surface area contributed by atoms with E-state index in [-0.39, 0.29) is 27.9 Å². The molecule has 1 aromatic carbocycles. The first-order chi connectivity index (χ1) is 10.1. The third kappa shape index (κ3) is 3.87. The van der Waals surface area contributed by atoms with Gasteiger partial charge in [0.2, 0.25) is 10.0 Å². The molecule has 6 nitrogen and oxygen atoms in total. The van der Waals surface area contributed by atoms with Gasteiger partial charge in [0.05, 0.1) is 15.9 Å². The van der Waals surface area contributed by atoms with Crippen LogP contribution in [0.4, 0.5) is 0 Å². The summed E-state index contributed by atoms with van der Waals surface area (Å²) in [6.45, 7) is 1.89. The van der Waals surface area contributed by atoms with Gasteiger partial charge in [-0.05, 0) is 49.4 Å².